The highest BCUT2D eigenvalue weighted by molar-refractivity contribution is 5.62. The van der Waals surface area contributed by atoms with Crippen molar-refractivity contribution in [1.82, 2.24) is 9.97 Å². The van der Waals surface area contributed by atoms with E-state index < -0.39 is 0 Å². The maximum absolute atomic E-state index is 11.2. The second-order valence-corrected chi connectivity index (χ2v) is 3.34. The minimum atomic E-state index is -0.310. The third-order valence-electron chi connectivity index (χ3n) is 2.12. The Hall–Kier alpha value is -2.50. The first kappa shape index (κ1) is 11.0. The minimum absolute atomic E-state index is 0.158. The van der Waals surface area contributed by atoms with Crippen molar-refractivity contribution in [3.63, 3.8) is 0 Å². The smallest absolute Gasteiger partial charge is 0.254 e. The van der Waals surface area contributed by atoms with Gasteiger partial charge in [-0.05, 0) is 12.1 Å². The molecule has 0 saturated carbocycles. The van der Waals surface area contributed by atoms with Crippen LogP contribution >= 0.6 is 0 Å². The number of nitrogens with two attached hydrogens (primary N) is 1. The molecule has 0 atom stereocenters. The molecule has 0 saturated heterocycles. The van der Waals surface area contributed by atoms with Crippen molar-refractivity contribution in [3.05, 3.63) is 40.7 Å². The van der Waals surface area contributed by atoms with Gasteiger partial charge in [0.25, 0.3) is 5.56 Å². The van der Waals surface area contributed by atoms with Crippen molar-refractivity contribution >= 4 is 17.5 Å². The summed E-state index contributed by atoms with van der Waals surface area (Å²) < 4.78 is 5.16. The maximum Gasteiger partial charge on any atom is 0.254 e. The summed E-state index contributed by atoms with van der Waals surface area (Å²) in [4.78, 5) is 17.7. The number of nitrogens with zero attached hydrogens (tertiary/aromatic N) is 1. The molecule has 1 aromatic carbocycles. The maximum atomic E-state index is 11.2. The molecular weight excluding hydrogens is 220 g/mol. The molecule has 2 aromatic rings. The second kappa shape index (κ2) is 4.56. The summed E-state index contributed by atoms with van der Waals surface area (Å²) >= 11 is 0. The summed E-state index contributed by atoms with van der Waals surface area (Å²) in [5.41, 5.74) is 5.87. The van der Waals surface area contributed by atoms with Crippen molar-refractivity contribution in [2.24, 2.45) is 0 Å². The van der Waals surface area contributed by atoms with E-state index in [1.807, 2.05) is 18.2 Å². The highest BCUT2D eigenvalue weighted by atomic mass is 16.5. The van der Waals surface area contributed by atoms with E-state index in [0.29, 0.717) is 11.4 Å². The second-order valence-electron chi connectivity index (χ2n) is 3.34. The van der Waals surface area contributed by atoms with Gasteiger partial charge < -0.3 is 15.8 Å². The number of aromatic amines is 1. The lowest BCUT2D eigenvalue weighted by Gasteiger charge is -2.09. The van der Waals surface area contributed by atoms with E-state index >= 15 is 0 Å². The van der Waals surface area contributed by atoms with Crippen LogP contribution in [0.4, 0.5) is 17.5 Å². The summed E-state index contributed by atoms with van der Waals surface area (Å²) in [5.74, 6) is 1.09. The number of para-hydroxylation sites is 2. The Morgan fingerprint density at radius 2 is 2.18 bits per heavy atom. The largest absolute Gasteiger partial charge is 0.495 e. The Morgan fingerprint density at radius 3 is 2.88 bits per heavy atom. The summed E-state index contributed by atoms with van der Waals surface area (Å²) in [6.07, 6.45) is 0. The molecule has 1 aromatic heterocycles. The highest BCUT2D eigenvalue weighted by Crippen LogP contribution is 2.25. The number of methoxy groups -OCH3 is 1. The van der Waals surface area contributed by atoms with Crippen molar-refractivity contribution < 1.29 is 4.74 Å². The van der Waals surface area contributed by atoms with Crippen LogP contribution in [0.5, 0.6) is 5.75 Å². The molecule has 0 unspecified atom stereocenters. The van der Waals surface area contributed by atoms with Gasteiger partial charge in [-0.2, -0.15) is 4.98 Å². The topological polar surface area (TPSA) is 93.0 Å². The van der Waals surface area contributed by atoms with Crippen molar-refractivity contribution in [2.45, 2.75) is 0 Å². The molecule has 17 heavy (non-hydrogen) atoms. The number of H-pyrrole nitrogens is 1. The third kappa shape index (κ3) is 2.54. The van der Waals surface area contributed by atoms with E-state index in [0.717, 1.165) is 0 Å². The number of nitrogens with one attached hydrogen (secondary N) is 2. The first-order valence-electron chi connectivity index (χ1n) is 4.96. The van der Waals surface area contributed by atoms with Gasteiger partial charge in [-0.15, -0.1) is 0 Å². The molecule has 1 heterocycles. The van der Waals surface area contributed by atoms with E-state index in [-0.39, 0.29) is 17.3 Å². The molecule has 6 nitrogen and oxygen atoms in total. The van der Waals surface area contributed by atoms with Crippen LogP contribution in [-0.2, 0) is 0 Å². The standard InChI is InChI=1S/C11H12N4O2/c1-17-8-5-3-2-4-7(8)13-11-14-9(12)6-10(16)15-11/h2-6H,1H3,(H4,12,13,14,15,16). The molecule has 0 aliphatic rings. The van der Waals surface area contributed by atoms with Crippen LogP contribution in [0.3, 0.4) is 0 Å². The van der Waals surface area contributed by atoms with E-state index in [1.165, 1.54) is 6.07 Å². The fourth-order valence-electron chi connectivity index (χ4n) is 1.41. The van der Waals surface area contributed by atoms with Crippen LogP contribution in [-0.4, -0.2) is 17.1 Å². The molecule has 0 aliphatic heterocycles. The van der Waals surface area contributed by atoms with Gasteiger partial charge in [0.1, 0.15) is 11.6 Å². The lowest BCUT2D eigenvalue weighted by atomic mass is 10.3. The lowest BCUT2D eigenvalue weighted by Crippen LogP contribution is -2.11. The van der Waals surface area contributed by atoms with Gasteiger partial charge in [-0.25, -0.2) is 0 Å². The molecule has 4 N–H and O–H groups in total. The molecule has 6 heteroatoms. The average Bonchev–Trinajstić information content (AvgIpc) is 2.28. The fourth-order valence-corrected chi connectivity index (χ4v) is 1.41. The Labute approximate surface area is 97.5 Å². The lowest BCUT2D eigenvalue weighted by molar-refractivity contribution is 0.417. The molecule has 88 valence electrons. The highest BCUT2D eigenvalue weighted by Gasteiger charge is 2.04. The zero-order chi connectivity index (χ0) is 12.3. The minimum Gasteiger partial charge on any atom is -0.495 e. The quantitative estimate of drug-likeness (QED) is 0.737. The number of benzene rings is 1. The van der Waals surface area contributed by atoms with E-state index in [1.54, 1.807) is 13.2 Å². The van der Waals surface area contributed by atoms with E-state index in [9.17, 15) is 4.79 Å². The van der Waals surface area contributed by atoms with Crippen LogP contribution in [0, 0.1) is 0 Å². The molecule has 0 fully saturated rings. The summed E-state index contributed by atoms with van der Waals surface area (Å²) in [7, 11) is 1.57. The number of rotatable bonds is 3. The van der Waals surface area contributed by atoms with Crippen LogP contribution in [0.2, 0.25) is 0 Å². The zero-order valence-electron chi connectivity index (χ0n) is 9.23. The Morgan fingerprint density at radius 1 is 1.41 bits per heavy atom. The molecule has 0 aliphatic carbocycles. The van der Waals surface area contributed by atoms with Crippen LogP contribution < -0.4 is 21.3 Å². The normalized spacial score (nSPS) is 9.94. The predicted octanol–water partition coefficient (Wildman–Crippen LogP) is 1.10. The van der Waals surface area contributed by atoms with E-state index in [2.05, 4.69) is 15.3 Å². The van der Waals surface area contributed by atoms with Gasteiger partial charge in [0.2, 0.25) is 5.95 Å². The molecule has 0 bridgehead atoms. The monoisotopic (exact) mass is 232 g/mol. The van der Waals surface area contributed by atoms with Crippen LogP contribution in [0.15, 0.2) is 35.1 Å². The number of aromatic nitrogens is 2. The molecule has 2 rings (SSSR count). The SMILES string of the molecule is COc1ccccc1Nc1nc(N)cc(=O)[nH]1. The molecule has 0 radical (unpaired) electrons. The summed E-state index contributed by atoms with van der Waals surface area (Å²) in [6.45, 7) is 0. The number of hydrogen-bond donors (Lipinski definition) is 3. The number of nitrogen functional groups attached to an aromatic ring is 1. The predicted molar refractivity (Wildman–Crippen MR) is 65.5 cm³/mol. The first-order valence-corrected chi connectivity index (χ1v) is 4.96. The average molecular weight is 232 g/mol. The van der Waals surface area contributed by atoms with Gasteiger partial charge in [-0.3, -0.25) is 9.78 Å². The van der Waals surface area contributed by atoms with Gasteiger partial charge in [-0.1, -0.05) is 12.1 Å². The summed E-state index contributed by atoms with van der Waals surface area (Å²) in [5, 5.41) is 2.93. The van der Waals surface area contributed by atoms with Gasteiger partial charge in [0, 0.05) is 6.07 Å². The molecule has 0 amide bonds. The van der Waals surface area contributed by atoms with Gasteiger partial charge in [0.05, 0.1) is 12.8 Å². The Kier molecular flexibility index (Phi) is 2.95. The fraction of sp³-hybridized carbons (Fsp3) is 0.0909. The van der Waals surface area contributed by atoms with E-state index in [4.69, 9.17) is 10.5 Å². The van der Waals surface area contributed by atoms with Crippen molar-refractivity contribution in [2.75, 3.05) is 18.2 Å². The molecular formula is C11H12N4O2. The third-order valence-corrected chi connectivity index (χ3v) is 2.12. The zero-order valence-corrected chi connectivity index (χ0v) is 9.23. The van der Waals surface area contributed by atoms with Gasteiger partial charge >= 0.3 is 0 Å². The Bertz CT molecular complexity index is 580. The number of hydrogen-bond acceptors (Lipinski definition) is 5. The summed E-state index contributed by atoms with van der Waals surface area (Å²) in [6, 6.07) is 8.51. The van der Waals surface area contributed by atoms with Gasteiger partial charge in [0.15, 0.2) is 0 Å². The number of ether oxygens (including phenoxy) is 1. The van der Waals surface area contributed by atoms with Crippen molar-refractivity contribution in [3.8, 4) is 5.75 Å². The number of anilines is 3. The molecule has 0 spiro atoms. The van der Waals surface area contributed by atoms with Crippen molar-refractivity contribution in [1.29, 1.82) is 0 Å². The van der Waals surface area contributed by atoms with Crippen LogP contribution in [0.25, 0.3) is 0 Å². The first-order chi connectivity index (χ1) is 8.19. The Balaban J connectivity index is 2.34. The van der Waals surface area contributed by atoms with Crippen LogP contribution in [0.1, 0.15) is 0 Å².